The lowest BCUT2D eigenvalue weighted by Gasteiger charge is -2.35. The predicted molar refractivity (Wildman–Crippen MR) is 116 cm³/mol. The number of carbonyl (C=O) groups excluding carboxylic acids is 1. The van der Waals surface area contributed by atoms with Crippen molar-refractivity contribution in [1.82, 2.24) is 10.2 Å². The Labute approximate surface area is 180 Å². The summed E-state index contributed by atoms with van der Waals surface area (Å²) < 4.78 is 42.3. The molecule has 0 radical (unpaired) electrons. The molecular weight excluding hydrogens is 403 g/mol. The van der Waals surface area contributed by atoms with Crippen molar-refractivity contribution in [2.75, 3.05) is 18.1 Å². The van der Waals surface area contributed by atoms with Crippen molar-refractivity contribution in [2.45, 2.75) is 45.3 Å². The Balaban J connectivity index is 1.53. The molecule has 164 valence electrons. The number of hydrogen-bond donors (Lipinski definition) is 1. The third-order valence-electron chi connectivity index (χ3n) is 5.96. The third-order valence-corrected chi connectivity index (χ3v) is 5.96. The fraction of sp³-hybridized carbons (Fsp3) is 0.375. The number of nitrogens with one attached hydrogen (secondary N) is 1. The monoisotopic (exact) mass is 429 g/mol. The highest BCUT2D eigenvalue weighted by atomic mass is 19.1. The van der Waals surface area contributed by atoms with Crippen molar-refractivity contribution in [1.29, 1.82) is 0 Å². The van der Waals surface area contributed by atoms with E-state index in [4.69, 9.17) is 0 Å². The number of piperidine rings is 1. The summed E-state index contributed by atoms with van der Waals surface area (Å²) in [6.07, 6.45) is 6.16. The van der Waals surface area contributed by atoms with Crippen LogP contribution in [0.1, 0.15) is 38.7 Å². The molecule has 7 heteroatoms. The van der Waals surface area contributed by atoms with Crippen LogP contribution in [0.5, 0.6) is 0 Å². The summed E-state index contributed by atoms with van der Waals surface area (Å²) in [6.45, 7) is 4.69. The van der Waals surface area contributed by atoms with Crippen molar-refractivity contribution < 1.29 is 18.0 Å². The molecule has 0 bridgehead atoms. The lowest BCUT2D eigenvalue weighted by molar-refractivity contribution is -0.129. The number of allylic oxidation sites excluding steroid dienone is 3. The molecule has 2 aliphatic heterocycles. The molecule has 4 rings (SSSR count). The third kappa shape index (κ3) is 4.40. The second kappa shape index (κ2) is 8.65. The Morgan fingerprint density at radius 2 is 2.10 bits per heavy atom. The molecule has 1 aromatic rings. The Morgan fingerprint density at radius 3 is 2.77 bits per heavy atom. The molecule has 2 atom stereocenters. The van der Waals surface area contributed by atoms with Crippen LogP contribution in [0.2, 0.25) is 0 Å². The predicted octanol–water partition coefficient (Wildman–Crippen LogP) is 4.97. The van der Waals surface area contributed by atoms with Gasteiger partial charge in [-0.15, -0.1) is 0 Å². The summed E-state index contributed by atoms with van der Waals surface area (Å²) in [4.78, 5) is 16.5. The van der Waals surface area contributed by atoms with Crippen LogP contribution < -0.4 is 10.2 Å². The zero-order chi connectivity index (χ0) is 22.1. The average Bonchev–Trinajstić information content (AvgIpc) is 3.15. The first-order chi connectivity index (χ1) is 14.8. The van der Waals surface area contributed by atoms with E-state index in [9.17, 15) is 18.0 Å². The summed E-state index contributed by atoms with van der Waals surface area (Å²) in [5.74, 6) is -1.16. The minimum atomic E-state index is -1.32. The first kappa shape index (κ1) is 21.3. The molecule has 1 saturated heterocycles. The molecule has 1 aliphatic carbocycles. The molecule has 1 unspecified atom stereocenters. The zero-order valence-corrected chi connectivity index (χ0v) is 17.7. The number of hydrogen-bond acceptors (Lipinski definition) is 3. The van der Waals surface area contributed by atoms with Gasteiger partial charge in [-0.05, 0) is 56.5 Å². The quantitative estimate of drug-likeness (QED) is 0.687. The normalized spacial score (nSPS) is 24.0. The van der Waals surface area contributed by atoms with Gasteiger partial charge in [0, 0.05) is 36.0 Å². The van der Waals surface area contributed by atoms with E-state index in [1.165, 1.54) is 12.1 Å². The van der Waals surface area contributed by atoms with Crippen molar-refractivity contribution in [3.63, 3.8) is 0 Å². The van der Waals surface area contributed by atoms with Crippen LogP contribution >= 0.6 is 0 Å². The van der Waals surface area contributed by atoms with E-state index < -0.39 is 18.0 Å². The number of benzene rings is 1. The number of alkyl halides is 1. The lowest BCUT2D eigenvalue weighted by Crippen LogP contribution is -2.44. The van der Waals surface area contributed by atoms with Crippen LogP contribution in [-0.4, -0.2) is 36.2 Å². The Morgan fingerprint density at radius 1 is 1.29 bits per heavy atom. The Hall–Kier alpha value is -2.96. The minimum absolute atomic E-state index is 0.116. The summed E-state index contributed by atoms with van der Waals surface area (Å²) in [6, 6.07) is 4.42. The molecule has 0 saturated carbocycles. The van der Waals surface area contributed by atoms with Crippen LogP contribution in [-0.2, 0) is 4.79 Å². The Kier molecular flexibility index (Phi) is 5.94. The van der Waals surface area contributed by atoms with Gasteiger partial charge in [-0.1, -0.05) is 12.1 Å². The highest BCUT2D eigenvalue weighted by molar-refractivity contribution is 5.99. The van der Waals surface area contributed by atoms with Crippen LogP contribution in [0.25, 0.3) is 6.08 Å². The van der Waals surface area contributed by atoms with Crippen LogP contribution in [0, 0.1) is 5.82 Å². The molecule has 1 fully saturated rings. The van der Waals surface area contributed by atoms with Gasteiger partial charge in [-0.2, -0.15) is 0 Å². The van der Waals surface area contributed by atoms with Gasteiger partial charge in [-0.25, -0.2) is 13.2 Å². The highest BCUT2D eigenvalue weighted by Gasteiger charge is 2.31. The van der Waals surface area contributed by atoms with E-state index in [0.717, 1.165) is 18.2 Å². The van der Waals surface area contributed by atoms with Gasteiger partial charge in [0.2, 0.25) is 5.91 Å². The second-order valence-electron chi connectivity index (χ2n) is 8.20. The van der Waals surface area contributed by atoms with E-state index in [2.05, 4.69) is 5.32 Å². The minimum Gasteiger partial charge on any atom is -0.370 e. The van der Waals surface area contributed by atoms with Crippen molar-refractivity contribution in [2.24, 2.45) is 0 Å². The van der Waals surface area contributed by atoms with Crippen LogP contribution in [0.15, 0.2) is 59.2 Å². The number of rotatable bonds is 4. The van der Waals surface area contributed by atoms with Gasteiger partial charge < -0.3 is 15.1 Å². The molecular formula is C24H26F3N3O. The smallest absolute Gasteiger partial charge is 0.250 e. The number of halogens is 3. The highest BCUT2D eigenvalue weighted by Crippen LogP contribution is 2.31. The van der Waals surface area contributed by atoms with E-state index in [1.807, 2.05) is 13.1 Å². The second-order valence-corrected chi connectivity index (χ2v) is 8.20. The van der Waals surface area contributed by atoms with Gasteiger partial charge in [0.25, 0.3) is 0 Å². The largest absolute Gasteiger partial charge is 0.370 e. The standard InChI is InChI=1S/C24H26F3N3O/c1-15-13-29(14-28-15)23-8-5-17(11-22(23)27)10-18-4-3-9-30(24(18)31)16(2)20-7-6-19(25)12-21(20)26/h5,7-8,10-13,16,19,28H,3-4,6,9,14H2,1-2H3/b18-10+/t16-,19?/m1/s1. The number of anilines is 1. The van der Waals surface area contributed by atoms with Gasteiger partial charge in [-0.3, -0.25) is 4.79 Å². The summed E-state index contributed by atoms with van der Waals surface area (Å²) >= 11 is 0. The Bertz CT molecular complexity index is 1010. The molecule has 0 aromatic heterocycles. The number of amides is 1. The summed E-state index contributed by atoms with van der Waals surface area (Å²) in [5, 5.41) is 3.13. The molecule has 1 N–H and O–H groups in total. The van der Waals surface area contributed by atoms with Gasteiger partial charge in [0.1, 0.15) is 17.8 Å². The van der Waals surface area contributed by atoms with Crippen molar-refractivity contribution >= 4 is 17.7 Å². The average molecular weight is 429 g/mol. The maximum absolute atomic E-state index is 14.7. The molecule has 4 nitrogen and oxygen atoms in total. The first-order valence-electron chi connectivity index (χ1n) is 10.6. The fourth-order valence-corrected chi connectivity index (χ4v) is 4.27. The van der Waals surface area contributed by atoms with Gasteiger partial charge >= 0.3 is 0 Å². The summed E-state index contributed by atoms with van der Waals surface area (Å²) in [7, 11) is 0. The molecule has 3 aliphatic rings. The zero-order valence-electron chi connectivity index (χ0n) is 17.7. The van der Waals surface area contributed by atoms with Crippen LogP contribution in [0.3, 0.4) is 0 Å². The number of likely N-dealkylation sites (tertiary alicyclic amines) is 1. The molecule has 1 aromatic carbocycles. The summed E-state index contributed by atoms with van der Waals surface area (Å²) in [5.41, 5.74) is 2.95. The fourth-order valence-electron chi connectivity index (χ4n) is 4.27. The molecule has 31 heavy (non-hydrogen) atoms. The van der Waals surface area contributed by atoms with Crippen LogP contribution in [0.4, 0.5) is 18.9 Å². The molecule has 2 heterocycles. The van der Waals surface area contributed by atoms with Crippen molar-refractivity contribution in [3.05, 3.63) is 70.6 Å². The molecule has 0 spiro atoms. The van der Waals surface area contributed by atoms with Gasteiger partial charge in [0.05, 0.1) is 18.4 Å². The lowest BCUT2D eigenvalue weighted by atomic mass is 9.94. The number of nitrogens with zero attached hydrogens (tertiary/aromatic N) is 2. The van der Waals surface area contributed by atoms with E-state index in [0.29, 0.717) is 42.0 Å². The van der Waals surface area contributed by atoms with Crippen molar-refractivity contribution in [3.8, 4) is 0 Å². The number of carbonyl (C=O) groups is 1. The maximum atomic E-state index is 14.7. The first-order valence-corrected chi connectivity index (χ1v) is 10.6. The van der Waals surface area contributed by atoms with E-state index >= 15 is 0 Å². The van der Waals surface area contributed by atoms with E-state index in [1.54, 1.807) is 34.9 Å². The topological polar surface area (TPSA) is 35.6 Å². The van der Waals surface area contributed by atoms with E-state index in [-0.39, 0.29) is 18.1 Å². The maximum Gasteiger partial charge on any atom is 0.250 e. The SMILES string of the molecule is CC1=CN(c2ccc(/C=C3\CCCN([C@H](C)C4=CCC(F)C=C4F)C3=O)cc2F)CN1. The van der Waals surface area contributed by atoms with Gasteiger partial charge in [0.15, 0.2) is 0 Å². The molecule has 1 amide bonds.